The molecule has 2 aromatic carbocycles. The lowest BCUT2D eigenvalue weighted by molar-refractivity contribution is -0.117. The molecular weight excluding hydrogens is 453 g/mol. The van der Waals surface area contributed by atoms with E-state index in [1.807, 2.05) is 42.6 Å². The standard InChI is InChI=1S/C25H22FN5O2S/c1-18(32)31(23-10-6-5-9-22(23)26)25-28-20(17-34-25)11-12-24(33)27-15-13-19-14-16-30(29-19)21-7-3-2-4-8-21/h2-12,14,16-17H,13,15H2,1H3,(H,27,33)/b12-11+. The number of carbonyl (C=O) groups is 2. The van der Waals surface area contributed by atoms with Crippen LogP contribution in [0.4, 0.5) is 15.2 Å². The van der Waals surface area contributed by atoms with E-state index in [4.69, 9.17) is 0 Å². The normalized spacial score (nSPS) is 11.0. The van der Waals surface area contributed by atoms with Gasteiger partial charge in [0.2, 0.25) is 11.8 Å². The first-order chi connectivity index (χ1) is 16.5. The summed E-state index contributed by atoms with van der Waals surface area (Å²) in [6, 6.07) is 17.7. The van der Waals surface area contributed by atoms with Gasteiger partial charge < -0.3 is 5.32 Å². The molecule has 172 valence electrons. The van der Waals surface area contributed by atoms with E-state index in [0.29, 0.717) is 23.8 Å². The molecule has 0 fully saturated rings. The third-order valence-corrected chi connectivity index (χ3v) is 5.70. The van der Waals surface area contributed by atoms with Gasteiger partial charge in [-0.2, -0.15) is 5.10 Å². The molecule has 0 saturated heterocycles. The van der Waals surface area contributed by atoms with Crippen LogP contribution in [0.15, 0.2) is 78.3 Å². The average molecular weight is 476 g/mol. The summed E-state index contributed by atoms with van der Waals surface area (Å²) < 4.78 is 16.0. The lowest BCUT2D eigenvalue weighted by Gasteiger charge is -2.18. The highest BCUT2D eigenvalue weighted by Gasteiger charge is 2.20. The summed E-state index contributed by atoms with van der Waals surface area (Å²) in [4.78, 5) is 29.9. The van der Waals surface area contributed by atoms with E-state index in [0.717, 1.165) is 11.4 Å². The second-order valence-corrected chi connectivity index (χ2v) is 8.16. The van der Waals surface area contributed by atoms with Crippen molar-refractivity contribution in [2.45, 2.75) is 13.3 Å². The summed E-state index contributed by atoms with van der Waals surface area (Å²) >= 11 is 1.19. The lowest BCUT2D eigenvalue weighted by Crippen LogP contribution is -2.24. The number of carbonyl (C=O) groups excluding carboxylic acids is 2. The Morgan fingerprint density at radius 1 is 1.12 bits per heavy atom. The number of rotatable bonds is 8. The Bertz CT molecular complexity index is 1320. The molecule has 0 bridgehead atoms. The summed E-state index contributed by atoms with van der Waals surface area (Å²) in [5.74, 6) is -1.14. The number of nitrogens with zero attached hydrogens (tertiary/aromatic N) is 4. The molecule has 4 rings (SSSR count). The van der Waals surface area contributed by atoms with Gasteiger partial charge >= 0.3 is 0 Å². The van der Waals surface area contributed by atoms with E-state index in [1.54, 1.807) is 28.3 Å². The van der Waals surface area contributed by atoms with Crippen LogP contribution in [0.5, 0.6) is 0 Å². The van der Waals surface area contributed by atoms with E-state index < -0.39 is 5.82 Å². The van der Waals surface area contributed by atoms with Crippen molar-refractivity contribution in [1.82, 2.24) is 20.1 Å². The molecule has 0 spiro atoms. The first kappa shape index (κ1) is 23.1. The minimum absolute atomic E-state index is 0.132. The summed E-state index contributed by atoms with van der Waals surface area (Å²) in [5, 5.41) is 9.36. The molecule has 0 aliphatic rings. The molecule has 2 aromatic heterocycles. The SMILES string of the molecule is CC(=O)N(c1nc(/C=C/C(=O)NCCc2ccn(-c3ccccc3)n2)cs1)c1ccccc1F. The molecule has 0 aliphatic heterocycles. The number of benzene rings is 2. The molecule has 4 aromatic rings. The van der Waals surface area contributed by atoms with Crippen molar-refractivity contribution >= 4 is 40.0 Å². The van der Waals surface area contributed by atoms with E-state index in [9.17, 15) is 14.0 Å². The lowest BCUT2D eigenvalue weighted by atomic mass is 10.3. The zero-order valence-corrected chi connectivity index (χ0v) is 19.2. The minimum Gasteiger partial charge on any atom is -0.352 e. The Labute approximate surface area is 200 Å². The second kappa shape index (κ2) is 10.7. The van der Waals surface area contributed by atoms with Gasteiger partial charge in [-0.25, -0.2) is 14.1 Å². The average Bonchev–Trinajstić information content (AvgIpc) is 3.50. The highest BCUT2D eigenvalue weighted by Crippen LogP contribution is 2.30. The third kappa shape index (κ3) is 5.62. The van der Waals surface area contributed by atoms with Crippen molar-refractivity contribution in [2.75, 3.05) is 11.4 Å². The van der Waals surface area contributed by atoms with Gasteiger partial charge in [0.25, 0.3) is 0 Å². The van der Waals surface area contributed by atoms with Crippen LogP contribution in [0.3, 0.4) is 0 Å². The summed E-state index contributed by atoms with van der Waals surface area (Å²) in [6.07, 6.45) is 5.41. The maximum Gasteiger partial charge on any atom is 0.244 e. The van der Waals surface area contributed by atoms with Gasteiger partial charge in [0.15, 0.2) is 5.13 Å². The predicted octanol–water partition coefficient (Wildman–Crippen LogP) is 4.52. The molecule has 0 saturated carbocycles. The van der Waals surface area contributed by atoms with Gasteiger partial charge in [0, 0.05) is 37.5 Å². The summed E-state index contributed by atoms with van der Waals surface area (Å²) in [5.41, 5.74) is 2.48. The van der Waals surface area contributed by atoms with Gasteiger partial charge in [-0.05, 0) is 36.4 Å². The Morgan fingerprint density at radius 3 is 2.65 bits per heavy atom. The monoisotopic (exact) mass is 475 g/mol. The van der Waals surface area contributed by atoms with Crippen molar-refractivity contribution < 1.29 is 14.0 Å². The van der Waals surface area contributed by atoms with Crippen molar-refractivity contribution in [1.29, 1.82) is 0 Å². The topological polar surface area (TPSA) is 80.1 Å². The van der Waals surface area contributed by atoms with Crippen molar-refractivity contribution in [3.8, 4) is 5.69 Å². The largest absolute Gasteiger partial charge is 0.352 e. The van der Waals surface area contributed by atoms with Gasteiger partial charge in [-0.3, -0.25) is 14.5 Å². The number of para-hydroxylation sites is 2. The zero-order chi connectivity index (χ0) is 23.9. The van der Waals surface area contributed by atoms with E-state index in [2.05, 4.69) is 15.4 Å². The predicted molar refractivity (Wildman–Crippen MR) is 131 cm³/mol. The maximum atomic E-state index is 14.2. The molecule has 2 amide bonds. The first-order valence-corrected chi connectivity index (χ1v) is 11.5. The van der Waals surface area contributed by atoms with Crippen LogP contribution in [0.2, 0.25) is 0 Å². The van der Waals surface area contributed by atoms with E-state index >= 15 is 0 Å². The Hall–Kier alpha value is -4.11. The quantitative estimate of drug-likeness (QED) is 0.380. The number of thiazole rings is 1. The fourth-order valence-corrected chi connectivity index (χ4v) is 4.10. The molecule has 0 radical (unpaired) electrons. The van der Waals surface area contributed by atoms with Crippen LogP contribution in [0.1, 0.15) is 18.3 Å². The van der Waals surface area contributed by atoms with Crippen LogP contribution in [0, 0.1) is 5.82 Å². The number of hydrogen-bond acceptors (Lipinski definition) is 5. The molecule has 34 heavy (non-hydrogen) atoms. The number of aromatic nitrogens is 3. The van der Waals surface area contributed by atoms with Gasteiger partial charge in [-0.1, -0.05) is 30.3 Å². The van der Waals surface area contributed by atoms with Gasteiger partial charge in [-0.15, -0.1) is 11.3 Å². The van der Waals surface area contributed by atoms with Crippen LogP contribution in [-0.4, -0.2) is 33.1 Å². The van der Waals surface area contributed by atoms with Crippen LogP contribution in [-0.2, 0) is 16.0 Å². The maximum absolute atomic E-state index is 14.2. The van der Waals surface area contributed by atoms with Crippen molar-refractivity contribution in [3.63, 3.8) is 0 Å². The van der Waals surface area contributed by atoms with Crippen LogP contribution in [0.25, 0.3) is 11.8 Å². The number of amides is 2. The number of halogens is 1. The number of nitrogens with one attached hydrogen (secondary N) is 1. The van der Waals surface area contributed by atoms with Gasteiger partial charge in [0.1, 0.15) is 5.82 Å². The second-order valence-electron chi connectivity index (χ2n) is 7.32. The summed E-state index contributed by atoms with van der Waals surface area (Å²) in [6.45, 7) is 1.78. The first-order valence-electron chi connectivity index (χ1n) is 10.6. The highest BCUT2D eigenvalue weighted by atomic mass is 32.1. The molecule has 1 N–H and O–H groups in total. The van der Waals surface area contributed by atoms with Crippen LogP contribution >= 0.6 is 11.3 Å². The Kier molecular flexibility index (Phi) is 7.24. The Morgan fingerprint density at radius 2 is 1.88 bits per heavy atom. The zero-order valence-electron chi connectivity index (χ0n) is 18.4. The van der Waals surface area contributed by atoms with E-state index in [1.165, 1.54) is 41.4 Å². The minimum atomic E-state index is -0.516. The molecular formula is C25H22FN5O2S. The molecule has 9 heteroatoms. The van der Waals surface area contributed by atoms with Crippen LogP contribution < -0.4 is 10.2 Å². The molecule has 7 nitrogen and oxygen atoms in total. The fraction of sp³-hybridized carbons (Fsp3) is 0.120. The molecule has 0 unspecified atom stereocenters. The van der Waals surface area contributed by atoms with Crippen molar-refractivity contribution in [3.05, 3.63) is 95.5 Å². The number of anilines is 2. The fourth-order valence-electron chi connectivity index (χ4n) is 3.25. The molecule has 0 aliphatic carbocycles. The highest BCUT2D eigenvalue weighted by molar-refractivity contribution is 7.14. The number of hydrogen-bond donors (Lipinski definition) is 1. The third-order valence-electron chi connectivity index (χ3n) is 4.86. The summed E-state index contributed by atoms with van der Waals surface area (Å²) in [7, 11) is 0. The van der Waals surface area contributed by atoms with E-state index in [-0.39, 0.29) is 17.5 Å². The smallest absolute Gasteiger partial charge is 0.244 e. The van der Waals surface area contributed by atoms with Crippen molar-refractivity contribution in [2.24, 2.45) is 0 Å². The van der Waals surface area contributed by atoms with Gasteiger partial charge in [0.05, 0.1) is 22.8 Å². The Balaban J connectivity index is 1.32. The molecule has 0 atom stereocenters. The molecule has 2 heterocycles.